The van der Waals surface area contributed by atoms with Crippen LogP contribution in [0.15, 0.2) is 48.5 Å². The van der Waals surface area contributed by atoms with Gasteiger partial charge in [0, 0.05) is 0 Å². The summed E-state index contributed by atoms with van der Waals surface area (Å²) in [5, 5.41) is 0. The lowest BCUT2D eigenvalue weighted by molar-refractivity contribution is -0.134. The molecule has 0 heterocycles. The van der Waals surface area contributed by atoms with E-state index in [1.54, 1.807) is 12.1 Å². The number of ether oxygens (including phenoxy) is 2. The SMILES string of the molecule is CCC(Oc1ccccc1)C(=O)NNC(=O)COc1cc(C)ccc1C. The highest BCUT2D eigenvalue weighted by molar-refractivity contribution is 5.85. The van der Waals surface area contributed by atoms with E-state index in [-0.39, 0.29) is 6.61 Å². The number of aryl methyl sites for hydroxylation is 2. The van der Waals surface area contributed by atoms with Crippen molar-refractivity contribution in [2.45, 2.75) is 33.3 Å². The Labute approximate surface area is 153 Å². The molecule has 0 saturated heterocycles. The maximum Gasteiger partial charge on any atom is 0.279 e. The molecular weight excluding hydrogens is 332 g/mol. The summed E-state index contributed by atoms with van der Waals surface area (Å²) < 4.78 is 11.1. The van der Waals surface area contributed by atoms with Crippen LogP contribution in [0, 0.1) is 13.8 Å². The molecule has 2 N–H and O–H groups in total. The summed E-state index contributed by atoms with van der Waals surface area (Å²) in [5.74, 6) is 0.370. The summed E-state index contributed by atoms with van der Waals surface area (Å²) in [6.07, 6.45) is -0.229. The molecule has 1 unspecified atom stereocenters. The van der Waals surface area contributed by atoms with Gasteiger partial charge in [0.25, 0.3) is 11.8 Å². The van der Waals surface area contributed by atoms with Crippen LogP contribution in [-0.2, 0) is 9.59 Å². The van der Waals surface area contributed by atoms with Crippen LogP contribution < -0.4 is 20.3 Å². The van der Waals surface area contributed by atoms with E-state index >= 15 is 0 Å². The molecular formula is C20H24N2O4. The van der Waals surface area contributed by atoms with Crippen LogP contribution in [0.2, 0.25) is 0 Å². The molecule has 0 spiro atoms. The summed E-state index contributed by atoms with van der Waals surface area (Å²) >= 11 is 0. The Morgan fingerprint density at radius 3 is 2.46 bits per heavy atom. The topological polar surface area (TPSA) is 76.7 Å². The number of benzene rings is 2. The van der Waals surface area contributed by atoms with E-state index in [2.05, 4.69) is 10.9 Å². The van der Waals surface area contributed by atoms with Gasteiger partial charge in [-0.15, -0.1) is 0 Å². The summed E-state index contributed by atoms with van der Waals surface area (Å²) in [5.41, 5.74) is 6.70. The number of nitrogens with one attached hydrogen (secondary N) is 2. The first kappa shape index (κ1) is 19.3. The molecule has 138 valence electrons. The summed E-state index contributed by atoms with van der Waals surface area (Å²) in [7, 11) is 0. The van der Waals surface area contributed by atoms with Crippen molar-refractivity contribution >= 4 is 11.8 Å². The molecule has 2 aromatic rings. The average Bonchev–Trinajstić information content (AvgIpc) is 2.65. The normalized spacial score (nSPS) is 11.3. The van der Waals surface area contributed by atoms with Gasteiger partial charge in [-0.05, 0) is 49.6 Å². The Hall–Kier alpha value is -3.02. The first-order chi connectivity index (χ1) is 12.5. The van der Waals surface area contributed by atoms with Gasteiger partial charge < -0.3 is 9.47 Å². The predicted octanol–water partition coefficient (Wildman–Crippen LogP) is 2.69. The fraction of sp³-hybridized carbons (Fsp3) is 0.300. The molecule has 0 aliphatic rings. The third-order valence-corrected chi connectivity index (χ3v) is 3.71. The fourth-order valence-corrected chi connectivity index (χ4v) is 2.24. The van der Waals surface area contributed by atoms with Crippen molar-refractivity contribution in [3.05, 3.63) is 59.7 Å². The molecule has 0 bridgehead atoms. The Bertz CT molecular complexity index is 747. The Kier molecular flexibility index (Phi) is 7.02. The Morgan fingerprint density at radius 1 is 1.04 bits per heavy atom. The molecule has 6 nitrogen and oxygen atoms in total. The van der Waals surface area contributed by atoms with E-state index < -0.39 is 17.9 Å². The zero-order chi connectivity index (χ0) is 18.9. The van der Waals surface area contributed by atoms with Crippen LogP contribution in [0.5, 0.6) is 11.5 Å². The monoisotopic (exact) mass is 356 g/mol. The lowest BCUT2D eigenvalue weighted by Crippen LogP contribution is -2.49. The quantitative estimate of drug-likeness (QED) is 0.748. The van der Waals surface area contributed by atoms with Crippen molar-refractivity contribution in [3.63, 3.8) is 0 Å². The van der Waals surface area contributed by atoms with Gasteiger partial charge in [-0.25, -0.2) is 0 Å². The van der Waals surface area contributed by atoms with Gasteiger partial charge in [-0.1, -0.05) is 37.3 Å². The van der Waals surface area contributed by atoms with Crippen molar-refractivity contribution in [1.29, 1.82) is 0 Å². The number of carbonyl (C=O) groups excluding carboxylic acids is 2. The van der Waals surface area contributed by atoms with Crippen molar-refractivity contribution in [2.24, 2.45) is 0 Å². The van der Waals surface area contributed by atoms with Crippen LogP contribution in [0.3, 0.4) is 0 Å². The number of rotatable bonds is 7. The minimum Gasteiger partial charge on any atom is -0.483 e. The van der Waals surface area contributed by atoms with E-state index in [4.69, 9.17) is 9.47 Å². The first-order valence-corrected chi connectivity index (χ1v) is 8.50. The highest BCUT2D eigenvalue weighted by atomic mass is 16.5. The van der Waals surface area contributed by atoms with E-state index in [1.807, 2.05) is 57.2 Å². The lowest BCUT2D eigenvalue weighted by Gasteiger charge is -2.17. The van der Waals surface area contributed by atoms with E-state index in [1.165, 1.54) is 0 Å². The minimum absolute atomic E-state index is 0.194. The largest absolute Gasteiger partial charge is 0.483 e. The van der Waals surface area contributed by atoms with Gasteiger partial charge >= 0.3 is 0 Å². The number of carbonyl (C=O) groups is 2. The van der Waals surface area contributed by atoms with Crippen molar-refractivity contribution in [3.8, 4) is 11.5 Å². The van der Waals surface area contributed by atoms with E-state index in [0.717, 1.165) is 11.1 Å². The smallest absolute Gasteiger partial charge is 0.279 e. The highest BCUT2D eigenvalue weighted by Gasteiger charge is 2.19. The molecule has 26 heavy (non-hydrogen) atoms. The third kappa shape index (κ3) is 5.81. The Balaban J connectivity index is 1.80. The molecule has 1 atom stereocenters. The molecule has 0 aliphatic heterocycles. The second-order valence-corrected chi connectivity index (χ2v) is 5.92. The van der Waals surface area contributed by atoms with Crippen molar-refractivity contribution in [2.75, 3.05) is 6.61 Å². The molecule has 0 saturated carbocycles. The highest BCUT2D eigenvalue weighted by Crippen LogP contribution is 2.18. The molecule has 0 fully saturated rings. The number of hydrogen-bond acceptors (Lipinski definition) is 4. The Morgan fingerprint density at radius 2 is 1.77 bits per heavy atom. The van der Waals surface area contributed by atoms with Gasteiger partial charge in [0.15, 0.2) is 12.7 Å². The van der Waals surface area contributed by atoms with Gasteiger partial charge in [-0.2, -0.15) is 0 Å². The molecule has 0 aliphatic carbocycles. The van der Waals surface area contributed by atoms with Gasteiger partial charge in [0.2, 0.25) is 0 Å². The maximum absolute atomic E-state index is 12.2. The minimum atomic E-state index is -0.697. The van der Waals surface area contributed by atoms with Crippen LogP contribution in [0.1, 0.15) is 24.5 Å². The molecule has 2 rings (SSSR count). The van der Waals surface area contributed by atoms with Gasteiger partial charge in [-0.3, -0.25) is 20.4 Å². The molecule has 0 aromatic heterocycles. The molecule has 6 heteroatoms. The molecule has 2 amide bonds. The van der Waals surface area contributed by atoms with Crippen LogP contribution in [-0.4, -0.2) is 24.5 Å². The second-order valence-electron chi connectivity index (χ2n) is 5.92. The third-order valence-electron chi connectivity index (χ3n) is 3.71. The predicted molar refractivity (Wildman–Crippen MR) is 98.8 cm³/mol. The van der Waals surface area contributed by atoms with Gasteiger partial charge in [0.05, 0.1) is 0 Å². The van der Waals surface area contributed by atoms with E-state index in [0.29, 0.717) is 17.9 Å². The fourth-order valence-electron chi connectivity index (χ4n) is 2.24. The summed E-state index contributed by atoms with van der Waals surface area (Å²) in [4.78, 5) is 24.1. The van der Waals surface area contributed by atoms with Gasteiger partial charge in [0.1, 0.15) is 11.5 Å². The summed E-state index contributed by atoms with van der Waals surface area (Å²) in [6.45, 7) is 5.49. The zero-order valence-electron chi connectivity index (χ0n) is 15.2. The maximum atomic E-state index is 12.2. The number of hydrogen-bond donors (Lipinski definition) is 2. The number of amides is 2. The van der Waals surface area contributed by atoms with Crippen molar-refractivity contribution < 1.29 is 19.1 Å². The van der Waals surface area contributed by atoms with Crippen LogP contribution in [0.4, 0.5) is 0 Å². The first-order valence-electron chi connectivity index (χ1n) is 8.50. The zero-order valence-corrected chi connectivity index (χ0v) is 15.2. The molecule has 0 radical (unpaired) electrons. The number of para-hydroxylation sites is 1. The molecule has 2 aromatic carbocycles. The van der Waals surface area contributed by atoms with E-state index in [9.17, 15) is 9.59 Å². The van der Waals surface area contributed by atoms with Crippen LogP contribution >= 0.6 is 0 Å². The summed E-state index contributed by atoms with van der Waals surface area (Å²) in [6, 6.07) is 14.8. The lowest BCUT2D eigenvalue weighted by atomic mass is 10.1. The standard InChI is InChI=1S/C20H24N2O4/c1-4-17(26-16-8-6-5-7-9-16)20(24)22-21-19(23)13-25-18-12-14(2)10-11-15(18)3/h5-12,17H,4,13H2,1-3H3,(H,21,23)(H,22,24). The number of hydrazine groups is 1. The van der Waals surface area contributed by atoms with Crippen LogP contribution in [0.25, 0.3) is 0 Å². The average molecular weight is 356 g/mol. The van der Waals surface area contributed by atoms with Crippen molar-refractivity contribution in [1.82, 2.24) is 10.9 Å². The second kappa shape index (κ2) is 9.46.